The molecule has 1 nitrogen and oxygen atoms in total. The first-order chi connectivity index (χ1) is 3.39. The fourth-order valence-electron chi connectivity index (χ4n) is 0.655. The minimum absolute atomic E-state index is 0. The quantitative estimate of drug-likeness (QED) is 0.513. The maximum absolute atomic E-state index is 2.37. The second kappa shape index (κ2) is 4.48. The fraction of sp³-hybridized carbons (Fsp3) is 1.00. The third-order valence-corrected chi connectivity index (χ3v) is 2.18. The number of rotatable bonds is 0. The third kappa shape index (κ3) is 2.80. The van der Waals surface area contributed by atoms with E-state index in [0.29, 0.717) is 0 Å². The van der Waals surface area contributed by atoms with E-state index in [4.69, 9.17) is 0 Å². The van der Waals surface area contributed by atoms with Gasteiger partial charge in [0.05, 0.1) is 0 Å². The molecule has 0 bridgehead atoms. The van der Waals surface area contributed by atoms with Crippen LogP contribution in [0.2, 0.25) is 0 Å². The van der Waals surface area contributed by atoms with E-state index in [-0.39, 0.29) is 12.4 Å². The Kier molecular flexibility index (Phi) is 4.81. The van der Waals surface area contributed by atoms with Crippen molar-refractivity contribution in [3.05, 3.63) is 0 Å². The molecule has 0 saturated carbocycles. The van der Waals surface area contributed by atoms with Crippen molar-refractivity contribution >= 4 is 24.2 Å². The van der Waals surface area contributed by atoms with Crippen molar-refractivity contribution in [2.75, 3.05) is 31.6 Å². The molecule has 0 aromatic carbocycles. The van der Waals surface area contributed by atoms with Gasteiger partial charge < -0.3 is 4.90 Å². The van der Waals surface area contributed by atoms with Crippen LogP contribution in [-0.4, -0.2) is 36.5 Å². The normalized spacial score (nSPS) is 22.1. The predicted molar refractivity (Wildman–Crippen MR) is 42.1 cm³/mol. The molecule has 8 heavy (non-hydrogen) atoms. The second-order valence-corrected chi connectivity index (χ2v) is 3.14. The molecule has 0 unspecified atom stereocenters. The number of nitrogens with zero attached hydrogens (tertiary/aromatic N) is 1. The zero-order valence-corrected chi connectivity index (χ0v) is 6.73. The summed E-state index contributed by atoms with van der Waals surface area (Å²) in [5.41, 5.74) is 0. The minimum atomic E-state index is 0. The third-order valence-electron chi connectivity index (χ3n) is 1.23. The molecule has 50 valence electrons. The number of hydrogen-bond donors (Lipinski definition) is 0. The molecule has 1 fully saturated rings. The van der Waals surface area contributed by atoms with E-state index in [1.807, 2.05) is 0 Å². The molecule has 1 aliphatic heterocycles. The van der Waals surface area contributed by atoms with Crippen LogP contribution in [0.3, 0.4) is 0 Å². The van der Waals surface area contributed by atoms with Crippen molar-refractivity contribution in [1.82, 2.24) is 4.90 Å². The molecule has 0 aromatic rings. The van der Waals surface area contributed by atoms with Crippen LogP contribution in [0.25, 0.3) is 0 Å². The lowest BCUT2D eigenvalue weighted by Crippen LogP contribution is -2.28. The standard InChI is InChI=1S/C5H11NS.ClH/c1-6-2-4-7-5-3-6;/h2-5H2,1H3;1H. The maximum Gasteiger partial charge on any atom is 0.00696 e. The van der Waals surface area contributed by atoms with Gasteiger partial charge in [0, 0.05) is 24.6 Å². The highest BCUT2D eigenvalue weighted by Gasteiger charge is 2.02. The topological polar surface area (TPSA) is 3.24 Å². The highest BCUT2D eigenvalue weighted by molar-refractivity contribution is 7.99. The van der Waals surface area contributed by atoms with Gasteiger partial charge in [-0.1, -0.05) is 0 Å². The van der Waals surface area contributed by atoms with Gasteiger partial charge >= 0.3 is 0 Å². The smallest absolute Gasteiger partial charge is 0.00696 e. The second-order valence-electron chi connectivity index (χ2n) is 1.92. The monoisotopic (exact) mass is 153 g/mol. The Morgan fingerprint density at radius 2 is 1.75 bits per heavy atom. The highest BCUT2D eigenvalue weighted by Crippen LogP contribution is 2.05. The summed E-state index contributed by atoms with van der Waals surface area (Å²) in [4.78, 5) is 2.37. The molecule has 1 aliphatic rings. The largest absolute Gasteiger partial charge is 0.305 e. The molecular formula is C5H12ClNS. The van der Waals surface area contributed by atoms with E-state index in [0.717, 1.165) is 0 Å². The average Bonchev–Trinajstić information content (AvgIpc) is 1.69. The molecule has 0 N–H and O–H groups in total. The Morgan fingerprint density at radius 3 is 2.00 bits per heavy atom. The Morgan fingerprint density at radius 1 is 1.25 bits per heavy atom. The summed E-state index contributed by atoms with van der Waals surface area (Å²) in [6.07, 6.45) is 0. The van der Waals surface area contributed by atoms with Gasteiger partial charge in [-0.15, -0.1) is 12.4 Å². The molecule has 0 aromatic heterocycles. The van der Waals surface area contributed by atoms with Crippen molar-refractivity contribution in [1.29, 1.82) is 0 Å². The van der Waals surface area contributed by atoms with Crippen LogP contribution >= 0.6 is 24.2 Å². The fourth-order valence-corrected chi connectivity index (χ4v) is 1.74. The van der Waals surface area contributed by atoms with E-state index in [1.54, 1.807) is 0 Å². The van der Waals surface area contributed by atoms with E-state index < -0.39 is 0 Å². The molecule has 1 rings (SSSR count). The van der Waals surface area contributed by atoms with Crippen molar-refractivity contribution in [2.24, 2.45) is 0 Å². The van der Waals surface area contributed by atoms with Gasteiger partial charge in [-0.05, 0) is 7.05 Å². The SMILES string of the molecule is CN1CCSCC1.Cl. The molecular weight excluding hydrogens is 142 g/mol. The summed E-state index contributed by atoms with van der Waals surface area (Å²) < 4.78 is 0. The van der Waals surface area contributed by atoms with E-state index in [1.165, 1.54) is 24.6 Å². The van der Waals surface area contributed by atoms with Crippen LogP contribution < -0.4 is 0 Å². The van der Waals surface area contributed by atoms with Crippen molar-refractivity contribution in [2.45, 2.75) is 0 Å². The Labute approximate surface area is 61.2 Å². The number of thioether (sulfide) groups is 1. The molecule has 3 heteroatoms. The lowest BCUT2D eigenvalue weighted by Gasteiger charge is -2.20. The van der Waals surface area contributed by atoms with Gasteiger partial charge in [-0.2, -0.15) is 11.8 Å². The first kappa shape index (κ1) is 8.60. The summed E-state index contributed by atoms with van der Waals surface area (Å²) in [5.74, 6) is 2.66. The van der Waals surface area contributed by atoms with Gasteiger partial charge in [-0.25, -0.2) is 0 Å². The lowest BCUT2D eigenvalue weighted by molar-refractivity contribution is 0.372. The van der Waals surface area contributed by atoms with Crippen LogP contribution in [-0.2, 0) is 0 Å². The lowest BCUT2D eigenvalue weighted by atomic mass is 10.6. The summed E-state index contributed by atoms with van der Waals surface area (Å²) in [7, 11) is 2.18. The van der Waals surface area contributed by atoms with Crippen LogP contribution in [0.15, 0.2) is 0 Å². The van der Waals surface area contributed by atoms with Crippen LogP contribution in [0.1, 0.15) is 0 Å². The minimum Gasteiger partial charge on any atom is -0.305 e. The van der Waals surface area contributed by atoms with Crippen LogP contribution in [0, 0.1) is 0 Å². The van der Waals surface area contributed by atoms with Gasteiger partial charge in [0.1, 0.15) is 0 Å². The predicted octanol–water partition coefficient (Wildman–Crippen LogP) is 1.09. The Hall–Kier alpha value is 0.600. The van der Waals surface area contributed by atoms with E-state index in [9.17, 15) is 0 Å². The van der Waals surface area contributed by atoms with Gasteiger partial charge in [-0.3, -0.25) is 0 Å². The summed E-state index contributed by atoms with van der Waals surface area (Å²) in [6, 6.07) is 0. The average molecular weight is 154 g/mol. The molecule has 1 heterocycles. The number of halogens is 1. The van der Waals surface area contributed by atoms with Gasteiger partial charge in [0.25, 0.3) is 0 Å². The van der Waals surface area contributed by atoms with Crippen molar-refractivity contribution in [3.63, 3.8) is 0 Å². The van der Waals surface area contributed by atoms with E-state index >= 15 is 0 Å². The zero-order chi connectivity index (χ0) is 5.11. The van der Waals surface area contributed by atoms with Crippen LogP contribution in [0.4, 0.5) is 0 Å². The summed E-state index contributed by atoms with van der Waals surface area (Å²) >= 11 is 2.06. The number of hydrogen-bond acceptors (Lipinski definition) is 2. The zero-order valence-electron chi connectivity index (χ0n) is 5.09. The molecule has 0 spiro atoms. The van der Waals surface area contributed by atoms with Gasteiger partial charge in [0.15, 0.2) is 0 Å². The first-order valence-corrected chi connectivity index (χ1v) is 3.81. The van der Waals surface area contributed by atoms with Gasteiger partial charge in [0.2, 0.25) is 0 Å². The van der Waals surface area contributed by atoms with Crippen LogP contribution in [0.5, 0.6) is 0 Å². The molecule has 0 aliphatic carbocycles. The highest BCUT2D eigenvalue weighted by atomic mass is 35.5. The summed E-state index contributed by atoms with van der Waals surface area (Å²) in [6.45, 7) is 2.56. The molecule has 0 atom stereocenters. The molecule has 0 radical (unpaired) electrons. The first-order valence-electron chi connectivity index (χ1n) is 2.66. The summed E-state index contributed by atoms with van der Waals surface area (Å²) in [5, 5.41) is 0. The van der Waals surface area contributed by atoms with E-state index in [2.05, 4.69) is 23.7 Å². The molecule has 0 amide bonds. The van der Waals surface area contributed by atoms with Crippen molar-refractivity contribution in [3.8, 4) is 0 Å². The maximum atomic E-state index is 2.37. The van der Waals surface area contributed by atoms with Crippen molar-refractivity contribution < 1.29 is 0 Å². The molecule has 1 saturated heterocycles. The Bertz CT molecular complexity index is 54.4. The Balaban J connectivity index is 0.000000490.